The SMILES string of the molecule is Cc1ccccc1Cn1cc(S(=O)(=O)N2CCCCC2)ccc1=O. The molecule has 0 spiro atoms. The molecular formula is C18H22N2O3S. The van der Waals surface area contributed by atoms with Gasteiger partial charge in [0.15, 0.2) is 0 Å². The van der Waals surface area contributed by atoms with E-state index in [1.54, 1.807) is 0 Å². The van der Waals surface area contributed by atoms with Crippen molar-refractivity contribution in [3.05, 3.63) is 64.1 Å². The molecule has 0 atom stereocenters. The first-order valence-corrected chi connectivity index (χ1v) is 9.67. The summed E-state index contributed by atoms with van der Waals surface area (Å²) in [4.78, 5) is 12.3. The van der Waals surface area contributed by atoms with Crippen LogP contribution in [0, 0.1) is 6.92 Å². The van der Waals surface area contributed by atoms with E-state index in [-0.39, 0.29) is 10.5 Å². The van der Waals surface area contributed by atoms with Gasteiger partial charge in [0, 0.05) is 25.4 Å². The number of sulfonamides is 1. The molecule has 1 saturated heterocycles. The van der Waals surface area contributed by atoms with Crippen LogP contribution in [0.25, 0.3) is 0 Å². The molecule has 1 aliphatic heterocycles. The van der Waals surface area contributed by atoms with Gasteiger partial charge in [-0.15, -0.1) is 0 Å². The van der Waals surface area contributed by atoms with Gasteiger partial charge in [0.25, 0.3) is 5.56 Å². The maximum atomic E-state index is 12.8. The molecule has 128 valence electrons. The molecule has 2 aromatic rings. The van der Waals surface area contributed by atoms with Crippen LogP contribution in [0.2, 0.25) is 0 Å². The maximum absolute atomic E-state index is 12.8. The largest absolute Gasteiger partial charge is 0.310 e. The van der Waals surface area contributed by atoms with Crippen LogP contribution in [0.5, 0.6) is 0 Å². The minimum atomic E-state index is -3.53. The number of aryl methyl sites for hydroxylation is 1. The van der Waals surface area contributed by atoms with E-state index in [1.807, 2.05) is 31.2 Å². The van der Waals surface area contributed by atoms with Gasteiger partial charge in [0.2, 0.25) is 10.0 Å². The van der Waals surface area contributed by atoms with Crippen molar-refractivity contribution in [1.82, 2.24) is 8.87 Å². The lowest BCUT2D eigenvalue weighted by molar-refractivity contribution is 0.346. The van der Waals surface area contributed by atoms with Crippen molar-refractivity contribution in [2.45, 2.75) is 37.6 Å². The molecule has 1 aromatic carbocycles. The van der Waals surface area contributed by atoms with Crippen molar-refractivity contribution in [2.24, 2.45) is 0 Å². The number of pyridine rings is 1. The molecular weight excluding hydrogens is 324 g/mol. The quantitative estimate of drug-likeness (QED) is 0.854. The van der Waals surface area contributed by atoms with Gasteiger partial charge in [-0.05, 0) is 37.0 Å². The first-order chi connectivity index (χ1) is 11.5. The smallest absolute Gasteiger partial charge is 0.250 e. The zero-order chi connectivity index (χ0) is 17.2. The number of aromatic nitrogens is 1. The highest BCUT2D eigenvalue weighted by Gasteiger charge is 2.26. The van der Waals surface area contributed by atoms with Crippen LogP contribution < -0.4 is 5.56 Å². The molecule has 3 rings (SSSR count). The third-order valence-corrected chi connectivity index (χ3v) is 6.39. The number of rotatable bonds is 4. The van der Waals surface area contributed by atoms with Gasteiger partial charge in [-0.25, -0.2) is 8.42 Å². The zero-order valence-corrected chi connectivity index (χ0v) is 14.6. The molecule has 0 radical (unpaired) electrons. The molecule has 0 aliphatic carbocycles. The van der Waals surface area contributed by atoms with Gasteiger partial charge < -0.3 is 4.57 Å². The minimum absolute atomic E-state index is 0.192. The molecule has 6 heteroatoms. The molecule has 0 unspecified atom stereocenters. The molecule has 1 fully saturated rings. The maximum Gasteiger partial charge on any atom is 0.250 e. The third-order valence-electron chi connectivity index (χ3n) is 4.51. The van der Waals surface area contributed by atoms with Crippen molar-refractivity contribution in [3.8, 4) is 0 Å². The Labute approximate surface area is 142 Å². The van der Waals surface area contributed by atoms with Gasteiger partial charge in [0.05, 0.1) is 11.4 Å². The number of piperidine rings is 1. The van der Waals surface area contributed by atoms with E-state index in [0.717, 1.165) is 30.4 Å². The molecule has 1 aromatic heterocycles. The fraction of sp³-hybridized carbons (Fsp3) is 0.389. The predicted octanol–water partition coefficient (Wildman–Crippen LogP) is 2.38. The Hall–Kier alpha value is -1.92. The molecule has 0 bridgehead atoms. The summed E-state index contributed by atoms with van der Waals surface area (Å²) in [5.41, 5.74) is 1.89. The topological polar surface area (TPSA) is 59.4 Å². The van der Waals surface area contributed by atoms with Gasteiger partial charge in [-0.2, -0.15) is 4.31 Å². The van der Waals surface area contributed by atoms with E-state index in [2.05, 4.69) is 0 Å². The Balaban J connectivity index is 1.94. The van der Waals surface area contributed by atoms with Crippen molar-refractivity contribution in [2.75, 3.05) is 13.1 Å². The van der Waals surface area contributed by atoms with Crippen LogP contribution in [0.15, 0.2) is 52.3 Å². The molecule has 24 heavy (non-hydrogen) atoms. The van der Waals surface area contributed by atoms with Crippen LogP contribution in [0.3, 0.4) is 0 Å². The minimum Gasteiger partial charge on any atom is -0.310 e. The summed E-state index contributed by atoms with van der Waals surface area (Å²) in [6, 6.07) is 10.6. The monoisotopic (exact) mass is 346 g/mol. The summed E-state index contributed by atoms with van der Waals surface area (Å²) in [6.07, 6.45) is 4.32. The van der Waals surface area contributed by atoms with Gasteiger partial charge in [-0.1, -0.05) is 30.7 Å². The normalized spacial score (nSPS) is 16.2. The van der Waals surface area contributed by atoms with E-state index in [4.69, 9.17) is 0 Å². The Morgan fingerprint density at radius 2 is 1.71 bits per heavy atom. The Morgan fingerprint density at radius 1 is 1.00 bits per heavy atom. The van der Waals surface area contributed by atoms with Crippen molar-refractivity contribution in [1.29, 1.82) is 0 Å². The fourth-order valence-corrected chi connectivity index (χ4v) is 4.55. The average molecular weight is 346 g/mol. The van der Waals surface area contributed by atoms with Crippen LogP contribution in [0.4, 0.5) is 0 Å². The van der Waals surface area contributed by atoms with E-state index in [0.29, 0.717) is 19.6 Å². The van der Waals surface area contributed by atoms with E-state index in [1.165, 1.54) is 27.2 Å². The van der Waals surface area contributed by atoms with Crippen LogP contribution in [-0.4, -0.2) is 30.4 Å². The molecule has 0 amide bonds. The number of nitrogens with zero attached hydrogens (tertiary/aromatic N) is 2. The summed E-state index contributed by atoms with van der Waals surface area (Å²) in [6.45, 7) is 3.46. The first-order valence-electron chi connectivity index (χ1n) is 8.23. The summed E-state index contributed by atoms with van der Waals surface area (Å²) in [5, 5.41) is 0. The Bertz CT molecular complexity index is 881. The van der Waals surface area contributed by atoms with Gasteiger partial charge >= 0.3 is 0 Å². The first kappa shape index (κ1) is 16.9. The van der Waals surface area contributed by atoms with Crippen molar-refractivity contribution < 1.29 is 8.42 Å². The summed E-state index contributed by atoms with van der Waals surface area (Å²) >= 11 is 0. The highest BCUT2D eigenvalue weighted by atomic mass is 32.2. The zero-order valence-electron chi connectivity index (χ0n) is 13.8. The second-order valence-corrected chi connectivity index (χ2v) is 8.16. The lowest BCUT2D eigenvalue weighted by Gasteiger charge is -2.26. The molecule has 2 heterocycles. The fourth-order valence-electron chi connectivity index (χ4n) is 3.01. The Kier molecular flexibility index (Phi) is 4.87. The van der Waals surface area contributed by atoms with Crippen molar-refractivity contribution in [3.63, 3.8) is 0 Å². The number of hydrogen-bond donors (Lipinski definition) is 0. The van der Waals surface area contributed by atoms with Crippen LogP contribution >= 0.6 is 0 Å². The molecule has 0 N–H and O–H groups in total. The lowest BCUT2D eigenvalue weighted by Crippen LogP contribution is -2.36. The van der Waals surface area contributed by atoms with E-state index < -0.39 is 10.0 Å². The third kappa shape index (κ3) is 3.44. The molecule has 1 aliphatic rings. The van der Waals surface area contributed by atoms with Crippen LogP contribution in [-0.2, 0) is 16.6 Å². The summed E-state index contributed by atoms with van der Waals surface area (Å²) < 4.78 is 28.6. The second kappa shape index (κ2) is 6.91. The Morgan fingerprint density at radius 3 is 2.42 bits per heavy atom. The van der Waals surface area contributed by atoms with Gasteiger partial charge in [-0.3, -0.25) is 4.79 Å². The lowest BCUT2D eigenvalue weighted by atomic mass is 10.1. The standard InChI is InChI=1S/C18H22N2O3S/c1-15-7-3-4-8-16(15)13-19-14-17(9-10-18(19)21)24(22,23)20-11-5-2-6-12-20/h3-4,7-10,14H,2,5-6,11-13H2,1H3. The van der Waals surface area contributed by atoms with Crippen molar-refractivity contribution >= 4 is 10.0 Å². The summed E-state index contributed by atoms with van der Waals surface area (Å²) in [5.74, 6) is 0. The number of benzene rings is 1. The average Bonchev–Trinajstić information content (AvgIpc) is 2.59. The highest BCUT2D eigenvalue weighted by Crippen LogP contribution is 2.20. The van der Waals surface area contributed by atoms with Crippen LogP contribution in [0.1, 0.15) is 30.4 Å². The van der Waals surface area contributed by atoms with Gasteiger partial charge in [0.1, 0.15) is 0 Å². The highest BCUT2D eigenvalue weighted by molar-refractivity contribution is 7.89. The van der Waals surface area contributed by atoms with E-state index in [9.17, 15) is 13.2 Å². The summed E-state index contributed by atoms with van der Waals surface area (Å²) in [7, 11) is -3.53. The van der Waals surface area contributed by atoms with E-state index >= 15 is 0 Å². The second-order valence-electron chi connectivity index (χ2n) is 6.22. The predicted molar refractivity (Wildman–Crippen MR) is 93.6 cm³/mol. The molecule has 0 saturated carbocycles. The molecule has 5 nitrogen and oxygen atoms in total. The number of hydrogen-bond acceptors (Lipinski definition) is 3.